The molecule has 0 aliphatic heterocycles. The summed E-state index contributed by atoms with van der Waals surface area (Å²) < 4.78 is 31.1. The van der Waals surface area contributed by atoms with Gasteiger partial charge in [0.2, 0.25) is 14.9 Å². The number of carbonyl (C=O) groups excluding carboxylic acids is 1. The van der Waals surface area contributed by atoms with Crippen LogP contribution in [-0.4, -0.2) is 14.3 Å². The fourth-order valence-corrected chi connectivity index (χ4v) is 4.04. The van der Waals surface area contributed by atoms with E-state index in [1.807, 2.05) is 0 Å². The van der Waals surface area contributed by atoms with Crippen LogP contribution < -0.4 is 5.32 Å². The first-order valence-electron chi connectivity index (χ1n) is 7.15. The van der Waals surface area contributed by atoms with E-state index in [2.05, 4.69) is 21.2 Å². The fourth-order valence-electron chi connectivity index (χ4n) is 2.11. The molecule has 0 bridgehead atoms. The van der Waals surface area contributed by atoms with E-state index in [9.17, 15) is 13.2 Å². The van der Waals surface area contributed by atoms with Gasteiger partial charge >= 0.3 is 0 Å². The fraction of sp³-hybridized carbons (Fsp3) is 0. The Kier molecular flexibility index (Phi) is 5.43. The molecule has 9 heteroatoms. The number of benzene rings is 2. The van der Waals surface area contributed by atoms with Crippen molar-refractivity contribution in [1.82, 2.24) is 0 Å². The van der Waals surface area contributed by atoms with Crippen molar-refractivity contribution >= 4 is 60.6 Å². The Hall–Kier alpha value is -1.80. The summed E-state index contributed by atoms with van der Waals surface area (Å²) in [6.07, 6.45) is 0. The summed E-state index contributed by atoms with van der Waals surface area (Å²) in [5.41, 5.74) is 0.217. The number of rotatable bonds is 4. The largest absolute Gasteiger partial charge is 0.439 e. The summed E-state index contributed by atoms with van der Waals surface area (Å²) in [6.45, 7) is 0. The molecule has 0 unspecified atom stereocenters. The highest BCUT2D eigenvalue weighted by Crippen LogP contribution is 2.31. The number of para-hydroxylation sites is 1. The monoisotopic (exact) mass is 473 g/mol. The SMILES string of the molecule is O=C(Nc1c(Cl)cccc1Cl)c1ccc(S(=O)(=O)c2ccc(Br)cc2)o1. The number of hydrogen-bond acceptors (Lipinski definition) is 4. The first-order chi connectivity index (χ1) is 12.3. The molecule has 1 amide bonds. The number of anilines is 1. The lowest BCUT2D eigenvalue weighted by molar-refractivity contribution is 0.0991. The van der Waals surface area contributed by atoms with Gasteiger partial charge < -0.3 is 9.73 Å². The number of furan rings is 1. The normalized spacial score (nSPS) is 11.3. The molecule has 5 nitrogen and oxygen atoms in total. The molecule has 0 saturated carbocycles. The highest BCUT2D eigenvalue weighted by molar-refractivity contribution is 9.10. The molecule has 1 N–H and O–H groups in total. The third-order valence-corrected chi connectivity index (χ3v) is 6.20. The average Bonchev–Trinajstić information content (AvgIpc) is 3.09. The van der Waals surface area contributed by atoms with Crippen LogP contribution in [-0.2, 0) is 9.84 Å². The molecule has 0 aliphatic rings. The van der Waals surface area contributed by atoms with Gasteiger partial charge in [-0.1, -0.05) is 45.2 Å². The first-order valence-corrected chi connectivity index (χ1v) is 10.2. The van der Waals surface area contributed by atoms with Crippen molar-refractivity contribution in [1.29, 1.82) is 0 Å². The number of carbonyl (C=O) groups is 1. The third-order valence-electron chi connectivity index (χ3n) is 3.40. The minimum Gasteiger partial charge on any atom is -0.439 e. The Morgan fingerprint density at radius 3 is 2.19 bits per heavy atom. The molecule has 3 rings (SSSR count). The molecule has 1 heterocycles. The number of sulfone groups is 1. The summed E-state index contributed by atoms with van der Waals surface area (Å²) in [5.74, 6) is -0.853. The summed E-state index contributed by atoms with van der Waals surface area (Å²) in [4.78, 5) is 12.4. The average molecular weight is 475 g/mol. The summed E-state index contributed by atoms with van der Waals surface area (Å²) in [6, 6.07) is 13.3. The number of hydrogen-bond donors (Lipinski definition) is 1. The van der Waals surface area contributed by atoms with Crippen molar-refractivity contribution in [3.63, 3.8) is 0 Å². The van der Waals surface area contributed by atoms with Gasteiger partial charge in [0.1, 0.15) is 0 Å². The maximum atomic E-state index is 12.6. The van der Waals surface area contributed by atoms with Crippen molar-refractivity contribution < 1.29 is 17.6 Å². The van der Waals surface area contributed by atoms with Gasteiger partial charge in [0.05, 0.1) is 20.6 Å². The van der Waals surface area contributed by atoms with Crippen molar-refractivity contribution in [3.05, 3.63) is 74.9 Å². The second-order valence-electron chi connectivity index (χ2n) is 5.13. The summed E-state index contributed by atoms with van der Waals surface area (Å²) in [7, 11) is -3.88. The van der Waals surface area contributed by atoms with E-state index in [1.165, 1.54) is 24.3 Å². The van der Waals surface area contributed by atoms with E-state index in [1.54, 1.807) is 30.3 Å². The van der Waals surface area contributed by atoms with E-state index in [0.29, 0.717) is 0 Å². The van der Waals surface area contributed by atoms with Gasteiger partial charge in [0.15, 0.2) is 5.76 Å². The van der Waals surface area contributed by atoms with E-state index in [-0.39, 0.29) is 31.5 Å². The molecule has 0 spiro atoms. The van der Waals surface area contributed by atoms with E-state index < -0.39 is 15.7 Å². The third kappa shape index (κ3) is 3.81. The predicted octanol–water partition coefficient (Wildman–Crippen LogP) is 5.43. The number of nitrogens with one attached hydrogen (secondary N) is 1. The molecule has 0 atom stereocenters. The van der Waals surface area contributed by atoms with Crippen LogP contribution in [0.1, 0.15) is 10.6 Å². The van der Waals surface area contributed by atoms with Gasteiger partial charge in [-0.15, -0.1) is 0 Å². The molecule has 26 heavy (non-hydrogen) atoms. The van der Waals surface area contributed by atoms with Crippen LogP contribution in [0.3, 0.4) is 0 Å². The summed E-state index contributed by atoms with van der Waals surface area (Å²) >= 11 is 15.2. The second-order valence-corrected chi connectivity index (χ2v) is 8.74. The maximum Gasteiger partial charge on any atom is 0.291 e. The first kappa shape index (κ1) is 19.0. The van der Waals surface area contributed by atoms with E-state index in [4.69, 9.17) is 27.6 Å². The Morgan fingerprint density at radius 2 is 1.58 bits per heavy atom. The van der Waals surface area contributed by atoms with E-state index >= 15 is 0 Å². The molecule has 2 aromatic carbocycles. The smallest absolute Gasteiger partial charge is 0.291 e. The van der Waals surface area contributed by atoms with Gasteiger partial charge in [-0.05, 0) is 48.5 Å². The molecular weight excluding hydrogens is 465 g/mol. The van der Waals surface area contributed by atoms with Crippen molar-refractivity contribution in [2.45, 2.75) is 9.99 Å². The maximum absolute atomic E-state index is 12.6. The van der Waals surface area contributed by atoms with Crippen molar-refractivity contribution in [3.8, 4) is 0 Å². The van der Waals surface area contributed by atoms with Crippen LogP contribution in [0.15, 0.2) is 73.5 Å². The van der Waals surface area contributed by atoms with Crippen LogP contribution in [0.2, 0.25) is 10.0 Å². The van der Waals surface area contributed by atoms with Crippen molar-refractivity contribution in [2.24, 2.45) is 0 Å². The standard InChI is InChI=1S/C17H10BrCl2NO4S/c18-10-4-6-11(7-5-10)26(23,24)15-9-8-14(25-15)17(22)21-16-12(19)2-1-3-13(16)20/h1-9H,(H,21,22). The minimum atomic E-state index is -3.88. The van der Waals surface area contributed by atoms with Crippen molar-refractivity contribution in [2.75, 3.05) is 5.32 Å². The quantitative estimate of drug-likeness (QED) is 0.546. The minimum absolute atomic E-state index is 0.0520. The van der Waals surface area contributed by atoms with Gasteiger partial charge in [0.25, 0.3) is 5.91 Å². The van der Waals surface area contributed by atoms with Gasteiger partial charge in [-0.2, -0.15) is 0 Å². The molecule has 0 aliphatic carbocycles. The Balaban J connectivity index is 1.87. The van der Waals surface area contributed by atoms with Crippen LogP contribution in [0.4, 0.5) is 5.69 Å². The number of halogens is 3. The lowest BCUT2D eigenvalue weighted by Crippen LogP contribution is -2.11. The van der Waals surface area contributed by atoms with Gasteiger partial charge in [-0.25, -0.2) is 8.42 Å². The molecule has 0 radical (unpaired) electrons. The Bertz CT molecular complexity index is 1060. The zero-order valence-electron chi connectivity index (χ0n) is 12.9. The molecule has 1 aromatic heterocycles. The second kappa shape index (κ2) is 7.44. The van der Waals surface area contributed by atoms with Crippen LogP contribution in [0.5, 0.6) is 0 Å². The zero-order valence-corrected chi connectivity index (χ0v) is 16.8. The molecule has 0 fully saturated rings. The molecule has 134 valence electrons. The lowest BCUT2D eigenvalue weighted by atomic mass is 10.3. The topological polar surface area (TPSA) is 76.4 Å². The van der Waals surface area contributed by atoms with Gasteiger partial charge in [-0.3, -0.25) is 4.79 Å². The molecular formula is C17H10BrCl2NO4S. The number of amides is 1. The summed E-state index contributed by atoms with van der Waals surface area (Å²) in [5, 5.41) is 2.67. The zero-order chi connectivity index (χ0) is 18.9. The predicted molar refractivity (Wildman–Crippen MR) is 103 cm³/mol. The van der Waals surface area contributed by atoms with Crippen LogP contribution in [0.25, 0.3) is 0 Å². The van der Waals surface area contributed by atoms with Gasteiger partial charge in [0, 0.05) is 4.47 Å². The lowest BCUT2D eigenvalue weighted by Gasteiger charge is -2.07. The van der Waals surface area contributed by atoms with Crippen LogP contribution >= 0.6 is 39.1 Å². The van der Waals surface area contributed by atoms with Crippen LogP contribution in [0, 0.1) is 0 Å². The highest BCUT2D eigenvalue weighted by Gasteiger charge is 2.24. The van der Waals surface area contributed by atoms with E-state index in [0.717, 1.165) is 4.47 Å². The Morgan fingerprint density at radius 1 is 0.962 bits per heavy atom. The highest BCUT2D eigenvalue weighted by atomic mass is 79.9. The molecule has 0 saturated heterocycles. The Labute approximate surface area is 168 Å². The molecule has 3 aromatic rings.